The Bertz CT molecular complexity index is 1840. The molecule has 1 aromatic heterocycles. The van der Waals surface area contributed by atoms with Crippen LogP contribution in [0.4, 0.5) is 0 Å². The number of rotatable bonds is 9. The Hall–Kier alpha value is -2.59. The van der Waals surface area contributed by atoms with Crippen molar-refractivity contribution in [2.75, 3.05) is 6.61 Å². The van der Waals surface area contributed by atoms with Crippen LogP contribution in [0.15, 0.2) is 64.3 Å². The van der Waals surface area contributed by atoms with Crippen LogP contribution in [0, 0.1) is 0 Å². The van der Waals surface area contributed by atoms with Crippen molar-refractivity contribution >= 4 is 25.0 Å². The number of para-hydroxylation sites is 2. The molecule has 9 nitrogen and oxygen atoms in total. The van der Waals surface area contributed by atoms with Gasteiger partial charge in [0.2, 0.25) is 0 Å². The lowest BCUT2D eigenvalue weighted by Crippen LogP contribution is -2.55. The van der Waals surface area contributed by atoms with Crippen LogP contribution in [0.25, 0.3) is 0 Å². The number of benzene rings is 2. The molecule has 0 saturated carbocycles. The molecule has 2 aliphatic rings. The van der Waals surface area contributed by atoms with Gasteiger partial charge in [-0.25, -0.2) is 4.79 Å². The lowest BCUT2D eigenvalue weighted by atomic mass is 9.84. The van der Waals surface area contributed by atoms with Gasteiger partial charge in [-0.2, -0.15) is 0 Å². The largest absolute Gasteiger partial charge is 0.457 e. The molecule has 0 unspecified atom stereocenters. The van der Waals surface area contributed by atoms with Crippen LogP contribution < -0.4 is 16.0 Å². The number of ether oxygens (including phenoxy) is 2. The Kier molecular flexibility index (Phi) is 10.9. The van der Waals surface area contributed by atoms with Crippen molar-refractivity contribution in [2.45, 2.75) is 147 Å². The summed E-state index contributed by atoms with van der Waals surface area (Å²) < 4.78 is 36.2. The van der Waals surface area contributed by atoms with E-state index in [1.165, 1.54) is 4.57 Å². The quantitative estimate of drug-likeness (QED) is 0.169. The van der Waals surface area contributed by atoms with Gasteiger partial charge in [-0.3, -0.25) is 14.3 Å². The molecule has 1 N–H and O–H groups in total. The molecule has 1 fully saturated rings. The number of hydrogen-bond donors (Lipinski definition) is 1. The highest BCUT2D eigenvalue weighted by Gasteiger charge is 2.55. The predicted octanol–water partition coefficient (Wildman–Crippen LogP) is 9.52. The van der Waals surface area contributed by atoms with Crippen LogP contribution in [-0.2, 0) is 18.0 Å². The summed E-state index contributed by atoms with van der Waals surface area (Å²) in [6, 6.07) is 15.5. The molecule has 0 radical (unpaired) electrons. The third-order valence-corrected chi connectivity index (χ3v) is 25.9. The van der Waals surface area contributed by atoms with E-state index in [-0.39, 0.29) is 15.1 Å². The monoisotopic (exact) mass is 766 g/mol. The molecule has 2 aromatic carbocycles. The number of aromatic amines is 1. The van der Waals surface area contributed by atoms with E-state index in [2.05, 4.69) is 107 Å². The number of nitrogens with zero attached hydrogens (tertiary/aromatic N) is 1. The molecule has 0 amide bonds. The van der Waals surface area contributed by atoms with Gasteiger partial charge < -0.3 is 22.8 Å². The second kappa shape index (κ2) is 13.9. The zero-order valence-corrected chi connectivity index (χ0v) is 37.1. The van der Waals surface area contributed by atoms with Gasteiger partial charge in [-0.1, -0.05) is 98.7 Å². The lowest BCUT2D eigenvalue weighted by Gasteiger charge is -2.44. The van der Waals surface area contributed by atoms with Gasteiger partial charge in [0.15, 0.2) is 31.2 Å². The normalized spacial score (nSPS) is 21.8. The van der Waals surface area contributed by atoms with Gasteiger partial charge in [0.25, 0.3) is 5.56 Å². The maximum Gasteiger partial charge on any atom is 0.330 e. The molecule has 52 heavy (non-hydrogen) atoms. The summed E-state index contributed by atoms with van der Waals surface area (Å²) in [4.78, 5) is 30.6. The van der Waals surface area contributed by atoms with Crippen molar-refractivity contribution in [1.82, 2.24) is 9.55 Å². The highest BCUT2D eigenvalue weighted by atomic mass is 28.4. The summed E-state index contributed by atoms with van der Waals surface area (Å²) in [5.74, 6) is 0.866. The van der Waals surface area contributed by atoms with E-state index in [1.54, 1.807) is 6.20 Å². The van der Waals surface area contributed by atoms with Crippen LogP contribution in [0.2, 0.25) is 54.4 Å². The number of nitrogens with one attached hydrogen (secondary N) is 1. The van der Waals surface area contributed by atoms with Crippen LogP contribution >= 0.6 is 0 Å². The zero-order valence-electron chi connectivity index (χ0n) is 34.1. The SMILES string of the molecule is CC(C)(C)[Si](C)(C)OC[C@H]1O[C@@H](n2cc(C3c4ccccc4Oc4ccccc43)c(=O)[nH]c2=O)[C@H](O[Si](C)(C)C(C)(C)C)[C@@H]1O[Si](C)(C)C(C)(C)C. The maximum atomic E-state index is 14.1. The molecule has 1 saturated heterocycles. The summed E-state index contributed by atoms with van der Waals surface area (Å²) in [6.45, 7) is 33.6. The van der Waals surface area contributed by atoms with E-state index in [9.17, 15) is 9.59 Å². The third kappa shape index (κ3) is 7.80. The standard InChI is InChI=1S/C40H62N2O7Si3/c1-38(2,3)50(10,11)45-25-31-33(48-51(12,13)39(4,5)6)34(49-52(14,15)40(7,8)9)36(47-31)42-24-28(35(43)41-37(42)44)32-26-20-16-18-22-29(26)46-30-23-19-17-21-27(30)32/h16-24,31-34,36H,25H2,1-15H3,(H,41,43,44)/t31-,33-,34-,36-/m1/s1. The number of fused-ring (bicyclic) bond motifs is 2. The van der Waals surface area contributed by atoms with Gasteiger partial charge in [-0.05, 0) is 66.5 Å². The van der Waals surface area contributed by atoms with Crippen LogP contribution in [-0.4, -0.2) is 59.4 Å². The number of H-pyrrole nitrogens is 1. The lowest BCUT2D eigenvalue weighted by molar-refractivity contribution is -0.0511. The summed E-state index contributed by atoms with van der Waals surface area (Å²) in [6.07, 6.45) is -0.886. The summed E-state index contributed by atoms with van der Waals surface area (Å²) in [7, 11) is -7.08. The second-order valence-corrected chi connectivity index (χ2v) is 33.5. The first-order valence-electron chi connectivity index (χ1n) is 18.6. The average molecular weight is 767 g/mol. The number of aromatic nitrogens is 2. The molecule has 5 rings (SSSR count). The number of hydrogen-bond acceptors (Lipinski definition) is 7. The zero-order chi connectivity index (χ0) is 38.8. The third-order valence-electron chi connectivity index (χ3n) is 12.4. The van der Waals surface area contributed by atoms with Gasteiger partial charge in [0, 0.05) is 28.8 Å². The molecule has 4 atom stereocenters. The second-order valence-electron chi connectivity index (χ2n) is 19.2. The van der Waals surface area contributed by atoms with Gasteiger partial charge in [-0.15, -0.1) is 0 Å². The fourth-order valence-electron chi connectivity index (χ4n) is 6.02. The molecule has 12 heteroatoms. The molecule has 3 heterocycles. The highest BCUT2D eigenvalue weighted by molar-refractivity contribution is 6.75. The van der Waals surface area contributed by atoms with E-state index in [4.69, 9.17) is 22.8 Å². The smallest absolute Gasteiger partial charge is 0.330 e. The Balaban J connectivity index is 1.70. The van der Waals surface area contributed by atoms with Gasteiger partial charge in [0.1, 0.15) is 29.8 Å². The Morgan fingerprint density at radius 1 is 0.673 bits per heavy atom. The van der Waals surface area contributed by atoms with E-state index in [0.29, 0.717) is 23.7 Å². The van der Waals surface area contributed by atoms with Crippen molar-refractivity contribution in [3.8, 4) is 11.5 Å². The molecule has 0 aliphatic carbocycles. The minimum Gasteiger partial charge on any atom is -0.457 e. The fourth-order valence-corrected chi connectivity index (χ4v) is 9.63. The van der Waals surface area contributed by atoms with Crippen molar-refractivity contribution in [1.29, 1.82) is 0 Å². The predicted molar refractivity (Wildman–Crippen MR) is 216 cm³/mol. The Morgan fingerprint density at radius 3 is 1.62 bits per heavy atom. The maximum absolute atomic E-state index is 14.1. The first-order chi connectivity index (χ1) is 23.8. The van der Waals surface area contributed by atoms with Gasteiger partial charge in [0.05, 0.1) is 6.61 Å². The molecule has 0 bridgehead atoms. The Labute approximate surface area is 313 Å². The van der Waals surface area contributed by atoms with Crippen LogP contribution in [0.5, 0.6) is 11.5 Å². The van der Waals surface area contributed by atoms with E-state index in [1.807, 2.05) is 48.5 Å². The average Bonchev–Trinajstić information content (AvgIpc) is 3.32. The van der Waals surface area contributed by atoms with Crippen molar-refractivity contribution in [3.05, 3.63) is 92.3 Å². The van der Waals surface area contributed by atoms with Gasteiger partial charge >= 0.3 is 5.69 Å². The molecule has 0 spiro atoms. The van der Waals surface area contributed by atoms with E-state index in [0.717, 1.165) is 11.1 Å². The summed E-state index contributed by atoms with van der Waals surface area (Å²) in [5.41, 5.74) is 1.09. The fraction of sp³-hybridized carbons (Fsp3) is 0.600. The van der Waals surface area contributed by atoms with Crippen molar-refractivity contribution < 1.29 is 22.8 Å². The summed E-state index contributed by atoms with van der Waals surface area (Å²) >= 11 is 0. The van der Waals surface area contributed by atoms with Crippen LogP contribution in [0.3, 0.4) is 0 Å². The topological polar surface area (TPSA) is 101 Å². The molecular weight excluding hydrogens is 705 g/mol. The summed E-state index contributed by atoms with van der Waals surface area (Å²) in [5, 5.41) is -0.242. The minimum atomic E-state index is -2.48. The van der Waals surface area contributed by atoms with E-state index >= 15 is 0 Å². The van der Waals surface area contributed by atoms with E-state index < -0.39 is 66.7 Å². The molecular formula is C40H62N2O7Si3. The molecule has 286 valence electrons. The Morgan fingerprint density at radius 2 is 1.13 bits per heavy atom. The first kappa shape index (κ1) is 40.6. The highest BCUT2D eigenvalue weighted by Crippen LogP contribution is 2.48. The first-order valence-corrected chi connectivity index (χ1v) is 27.3. The minimum absolute atomic E-state index is 0.0150. The molecule has 2 aliphatic heterocycles. The van der Waals surface area contributed by atoms with Crippen molar-refractivity contribution in [3.63, 3.8) is 0 Å². The van der Waals surface area contributed by atoms with Crippen LogP contribution in [0.1, 0.15) is 91.1 Å². The molecule has 3 aromatic rings. The van der Waals surface area contributed by atoms with Crippen molar-refractivity contribution in [2.24, 2.45) is 0 Å².